The summed E-state index contributed by atoms with van der Waals surface area (Å²) in [6, 6.07) is 16.7. The summed E-state index contributed by atoms with van der Waals surface area (Å²) in [5.41, 5.74) is 4.81. The van der Waals surface area contributed by atoms with Gasteiger partial charge in [-0.1, -0.05) is 36.4 Å². The minimum absolute atomic E-state index is 0.440. The number of hydrogen-bond acceptors (Lipinski definition) is 2. The third kappa shape index (κ3) is 2.24. The molecule has 0 fully saturated rings. The van der Waals surface area contributed by atoms with Gasteiger partial charge in [-0.25, -0.2) is 0 Å². The van der Waals surface area contributed by atoms with E-state index >= 15 is 0 Å². The van der Waals surface area contributed by atoms with Gasteiger partial charge in [-0.15, -0.1) is 0 Å². The predicted octanol–water partition coefficient (Wildman–Crippen LogP) is 3.82. The van der Waals surface area contributed by atoms with Crippen LogP contribution in [0.25, 0.3) is 0 Å². The first kappa shape index (κ1) is 12.2. The van der Waals surface area contributed by atoms with Gasteiger partial charge in [0.1, 0.15) is 0 Å². The fourth-order valence-corrected chi connectivity index (χ4v) is 2.87. The molecule has 0 radical (unpaired) electrons. The quantitative estimate of drug-likeness (QED) is 0.879. The summed E-state index contributed by atoms with van der Waals surface area (Å²) >= 11 is 0. The third-order valence-electron chi connectivity index (χ3n) is 3.79. The van der Waals surface area contributed by atoms with E-state index in [-0.39, 0.29) is 0 Å². The zero-order chi connectivity index (χ0) is 13.2. The summed E-state index contributed by atoms with van der Waals surface area (Å²) in [5.74, 6) is 0. The van der Waals surface area contributed by atoms with Crippen LogP contribution in [0.2, 0.25) is 0 Å². The lowest BCUT2D eigenvalue weighted by molar-refractivity contribution is 0.199. The molecule has 1 heterocycles. The number of nitrogens with zero attached hydrogens (tertiary/aromatic N) is 1. The van der Waals surface area contributed by atoms with E-state index in [1.54, 1.807) is 0 Å². The Balaban J connectivity index is 2.09. The second kappa shape index (κ2) is 5.06. The van der Waals surface area contributed by atoms with Gasteiger partial charge in [0.2, 0.25) is 0 Å². The number of benzene rings is 2. The number of para-hydroxylation sites is 2. The molecule has 0 amide bonds. The highest BCUT2D eigenvalue weighted by atomic mass is 16.3. The molecule has 2 heteroatoms. The topological polar surface area (TPSA) is 23.5 Å². The van der Waals surface area contributed by atoms with Crippen LogP contribution in [0.1, 0.15) is 30.6 Å². The van der Waals surface area contributed by atoms with Crippen LogP contribution in [-0.4, -0.2) is 11.7 Å². The Kier molecular flexibility index (Phi) is 3.26. The highest BCUT2D eigenvalue weighted by Crippen LogP contribution is 2.36. The first-order chi connectivity index (χ1) is 9.27. The van der Waals surface area contributed by atoms with E-state index in [4.69, 9.17) is 0 Å². The fraction of sp³-hybridized carbons (Fsp3) is 0.294. The van der Waals surface area contributed by atoms with E-state index in [0.717, 1.165) is 30.6 Å². The maximum Gasteiger partial charge on any atom is 0.0782 e. The Labute approximate surface area is 114 Å². The van der Waals surface area contributed by atoms with Crippen LogP contribution in [0, 0.1) is 0 Å². The Morgan fingerprint density at radius 1 is 1.00 bits per heavy atom. The van der Waals surface area contributed by atoms with E-state index < -0.39 is 6.10 Å². The molecule has 0 unspecified atom stereocenters. The van der Waals surface area contributed by atoms with Gasteiger partial charge in [-0.3, -0.25) is 0 Å². The lowest BCUT2D eigenvalue weighted by atomic mass is 9.99. The molecule has 19 heavy (non-hydrogen) atoms. The van der Waals surface area contributed by atoms with Crippen molar-refractivity contribution in [3.8, 4) is 0 Å². The Bertz CT molecular complexity index is 577. The van der Waals surface area contributed by atoms with Gasteiger partial charge in [0.15, 0.2) is 0 Å². The number of anilines is 2. The number of hydrogen-bond donors (Lipinski definition) is 1. The van der Waals surface area contributed by atoms with E-state index in [1.807, 2.05) is 25.1 Å². The number of aliphatic hydroxyl groups excluding tert-OH is 1. The zero-order valence-electron chi connectivity index (χ0n) is 11.2. The zero-order valence-corrected chi connectivity index (χ0v) is 11.2. The smallest absolute Gasteiger partial charge is 0.0782 e. The monoisotopic (exact) mass is 253 g/mol. The molecule has 1 N–H and O–H groups in total. The van der Waals surface area contributed by atoms with Crippen molar-refractivity contribution in [3.05, 3.63) is 59.7 Å². The van der Waals surface area contributed by atoms with Crippen LogP contribution in [0.15, 0.2) is 48.5 Å². The SMILES string of the molecule is C[C@@H](O)c1ccccc1N1CCCc2ccccc21. The van der Waals surface area contributed by atoms with Gasteiger partial charge in [0, 0.05) is 23.5 Å². The number of aryl methyl sites for hydroxylation is 1. The lowest BCUT2D eigenvalue weighted by Crippen LogP contribution is -2.25. The van der Waals surface area contributed by atoms with Crippen molar-refractivity contribution in [2.45, 2.75) is 25.9 Å². The molecule has 2 aromatic rings. The maximum absolute atomic E-state index is 9.96. The minimum atomic E-state index is -0.440. The molecule has 0 spiro atoms. The van der Waals surface area contributed by atoms with Crippen LogP contribution < -0.4 is 4.90 Å². The molecule has 0 aromatic heterocycles. The van der Waals surface area contributed by atoms with Crippen molar-refractivity contribution in [1.82, 2.24) is 0 Å². The lowest BCUT2D eigenvalue weighted by Gasteiger charge is -2.33. The predicted molar refractivity (Wildman–Crippen MR) is 78.8 cm³/mol. The number of fused-ring (bicyclic) bond motifs is 1. The average molecular weight is 253 g/mol. The maximum atomic E-state index is 9.96. The second-order valence-electron chi connectivity index (χ2n) is 5.12. The third-order valence-corrected chi connectivity index (χ3v) is 3.79. The van der Waals surface area contributed by atoms with Gasteiger partial charge < -0.3 is 10.0 Å². The van der Waals surface area contributed by atoms with Crippen molar-refractivity contribution in [2.75, 3.05) is 11.4 Å². The van der Waals surface area contributed by atoms with E-state index in [1.165, 1.54) is 11.3 Å². The largest absolute Gasteiger partial charge is 0.389 e. The van der Waals surface area contributed by atoms with Crippen molar-refractivity contribution in [3.63, 3.8) is 0 Å². The fourth-order valence-electron chi connectivity index (χ4n) is 2.87. The van der Waals surface area contributed by atoms with Gasteiger partial charge >= 0.3 is 0 Å². The molecule has 3 rings (SSSR count). The highest BCUT2D eigenvalue weighted by molar-refractivity contribution is 5.70. The summed E-state index contributed by atoms with van der Waals surface area (Å²) in [7, 11) is 0. The standard InChI is InChI=1S/C17H19NO/c1-13(19)15-9-3-5-11-17(15)18-12-6-8-14-7-2-4-10-16(14)18/h2-5,7,9-11,13,19H,6,8,12H2,1H3/t13-/m1/s1. The van der Waals surface area contributed by atoms with Crippen LogP contribution in [-0.2, 0) is 6.42 Å². The van der Waals surface area contributed by atoms with Gasteiger partial charge in [0.25, 0.3) is 0 Å². The molecule has 98 valence electrons. The molecule has 2 aromatic carbocycles. The van der Waals surface area contributed by atoms with Gasteiger partial charge in [-0.2, -0.15) is 0 Å². The van der Waals surface area contributed by atoms with Crippen molar-refractivity contribution in [2.24, 2.45) is 0 Å². The Morgan fingerprint density at radius 3 is 2.47 bits per heavy atom. The summed E-state index contributed by atoms with van der Waals surface area (Å²) in [4.78, 5) is 2.33. The molecule has 0 saturated carbocycles. The molecule has 0 bridgehead atoms. The average Bonchev–Trinajstić information content (AvgIpc) is 2.46. The second-order valence-corrected chi connectivity index (χ2v) is 5.12. The number of aliphatic hydroxyl groups is 1. The van der Waals surface area contributed by atoms with Crippen molar-refractivity contribution in [1.29, 1.82) is 0 Å². The Morgan fingerprint density at radius 2 is 1.68 bits per heavy atom. The molecule has 1 aliphatic heterocycles. The number of rotatable bonds is 2. The van der Waals surface area contributed by atoms with Crippen LogP contribution >= 0.6 is 0 Å². The molecule has 2 nitrogen and oxygen atoms in total. The molecular formula is C17H19NO. The van der Waals surface area contributed by atoms with Gasteiger partial charge in [0.05, 0.1) is 6.10 Å². The van der Waals surface area contributed by atoms with E-state index in [9.17, 15) is 5.11 Å². The molecule has 1 atom stereocenters. The summed E-state index contributed by atoms with van der Waals surface area (Å²) in [5, 5.41) is 9.96. The first-order valence-corrected chi connectivity index (χ1v) is 6.90. The highest BCUT2D eigenvalue weighted by Gasteiger charge is 2.20. The molecule has 0 saturated heterocycles. The normalized spacial score (nSPS) is 16.0. The Hall–Kier alpha value is -1.80. The summed E-state index contributed by atoms with van der Waals surface area (Å²) in [6.07, 6.45) is 1.86. The summed E-state index contributed by atoms with van der Waals surface area (Å²) < 4.78 is 0. The molecule has 0 aliphatic carbocycles. The van der Waals surface area contributed by atoms with E-state index in [2.05, 4.69) is 35.2 Å². The van der Waals surface area contributed by atoms with Crippen LogP contribution in [0.4, 0.5) is 11.4 Å². The molecule has 1 aliphatic rings. The summed E-state index contributed by atoms with van der Waals surface area (Å²) in [6.45, 7) is 2.84. The van der Waals surface area contributed by atoms with Crippen molar-refractivity contribution >= 4 is 11.4 Å². The minimum Gasteiger partial charge on any atom is -0.389 e. The van der Waals surface area contributed by atoms with Crippen LogP contribution in [0.5, 0.6) is 0 Å². The van der Waals surface area contributed by atoms with E-state index in [0.29, 0.717) is 0 Å². The van der Waals surface area contributed by atoms with Gasteiger partial charge in [-0.05, 0) is 37.5 Å². The van der Waals surface area contributed by atoms with Crippen LogP contribution in [0.3, 0.4) is 0 Å². The van der Waals surface area contributed by atoms with Crippen molar-refractivity contribution < 1.29 is 5.11 Å². The first-order valence-electron chi connectivity index (χ1n) is 6.90. The molecular weight excluding hydrogens is 234 g/mol.